The van der Waals surface area contributed by atoms with Gasteiger partial charge in [0, 0.05) is 18.6 Å². The van der Waals surface area contributed by atoms with Crippen LogP contribution >= 0.6 is 0 Å². The normalized spacial score (nSPS) is 25.0. The summed E-state index contributed by atoms with van der Waals surface area (Å²) in [4.78, 5) is 6.05. The number of rotatable bonds is 4. The molecule has 0 saturated carbocycles. The molecule has 9 heteroatoms. The molecule has 0 aromatic carbocycles. The van der Waals surface area contributed by atoms with E-state index in [1.54, 1.807) is 12.1 Å². The number of aliphatic hydroxyl groups excluding tert-OH is 1. The second-order valence-electron chi connectivity index (χ2n) is 7.42. The fourth-order valence-corrected chi connectivity index (χ4v) is 2.90. The van der Waals surface area contributed by atoms with Gasteiger partial charge in [-0.05, 0) is 40.2 Å². The third-order valence-electron chi connectivity index (χ3n) is 5.07. The van der Waals surface area contributed by atoms with Gasteiger partial charge in [0.05, 0.1) is 17.3 Å². The van der Waals surface area contributed by atoms with Crippen LogP contribution in [0.25, 0.3) is 0 Å². The molecular formula is C16H23BF2N2O4. The number of hydrogen-bond acceptors (Lipinski definition) is 6. The Bertz CT molecular complexity index is 629. The van der Waals surface area contributed by atoms with Crippen LogP contribution in [0.2, 0.25) is 0 Å². The van der Waals surface area contributed by atoms with Crippen LogP contribution in [-0.2, 0) is 9.31 Å². The summed E-state index contributed by atoms with van der Waals surface area (Å²) in [5, 5.41) is 9.66. The molecule has 1 aromatic rings. The van der Waals surface area contributed by atoms with E-state index in [1.807, 2.05) is 32.6 Å². The summed E-state index contributed by atoms with van der Waals surface area (Å²) in [6.07, 6.45) is 0.176. The molecular weight excluding hydrogens is 333 g/mol. The van der Waals surface area contributed by atoms with Crippen molar-refractivity contribution in [3.8, 4) is 5.88 Å². The Labute approximate surface area is 146 Å². The first kappa shape index (κ1) is 18.3. The number of hydrogen-bond donors (Lipinski definition) is 1. The summed E-state index contributed by atoms with van der Waals surface area (Å²) >= 11 is 0. The van der Waals surface area contributed by atoms with Gasteiger partial charge in [-0.3, -0.25) is 0 Å². The summed E-state index contributed by atoms with van der Waals surface area (Å²) in [6.45, 7) is 5.55. The molecule has 0 amide bonds. The maximum absolute atomic E-state index is 12.9. The van der Waals surface area contributed by atoms with Crippen LogP contribution in [0.4, 0.5) is 14.6 Å². The highest BCUT2D eigenvalue weighted by Crippen LogP contribution is 2.37. The highest BCUT2D eigenvalue weighted by Gasteiger charge is 2.52. The van der Waals surface area contributed by atoms with Gasteiger partial charge in [0.25, 0.3) is 0 Å². The van der Waals surface area contributed by atoms with Gasteiger partial charge in [0.1, 0.15) is 5.82 Å². The summed E-state index contributed by atoms with van der Waals surface area (Å²) in [5.74, 6) is 0.264. The Hall–Kier alpha value is -1.45. The van der Waals surface area contributed by atoms with E-state index in [9.17, 15) is 13.9 Å². The number of anilines is 1. The highest BCUT2D eigenvalue weighted by molar-refractivity contribution is 6.63. The molecule has 2 saturated heterocycles. The minimum Gasteiger partial charge on any atom is -0.417 e. The molecule has 138 valence electrons. The smallest absolute Gasteiger partial charge is 0.417 e. The van der Waals surface area contributed by atoms with Gasteiger partial charge in [0.15, 0.2) is 0 Å². The molecule has 0 unspecified atom stereocenters. The zero-order chi connectivity index (χ0) is 18.4. The summed E-state index contributed by atoms with van der Waals surface area (Å²) in [6, 6.07) is 3.34. The van der Waals surface area contributed by atoms with Crippen molar-refractivity contribution in [2.75, 3.05) is 18.0 Å². The average molecular weight is 356 g/mol. The maximum Gasteiger partial charge on any atom is 0.500 e. The molecule has 3 rings (SSSR count). The molecule has 0 aliphatic carbocycles. The van der Waals surface area contributed by atoms with E-state index in [2.05, 4.69) is 9.72 Å². The molecule has 2 fully saturated rings. The van der Waals surface area contributed by atoms with Gasteiger partial charge >= 0.3 is 13.7 Å². The Morgan fingerprint density at radius 1 is 1.28 bits per heavy atom. The van der Waals surface area contributed by atoms with E-state index in [0.29, 0.717) is 30.8 Å². The maximum atomic E-state index is 12.9. The van der Waals surface area contributed by atoms with Crippen LogP contribution in [0.5, 0.6) is 5.88 Å². The summed E-state index contributed by atoms with van der Waals surface area (Å²) in [5.41, 5.74) is -0.878. The SMILES string of the molecule is CC1(C)OB(c2ccc(N3CC[C@@H](O)C3)nc2OC(F)F)OC1(C)C. The number of aromatic nitrogens is 1. The Kier molecular flexibility index (Phi) is 4.68. The molecule has 1 aromatic heterocycles. The largest absolute Gasteiger partial charge is 0.500 e. The van der Waals surface area contributed by atoms with Crippen molar-refractivity contribution < 1.29 is 27.9 Å². The lowest BCUT2D eigenvalue weighted by atomic mass is 9.79. The first-order valence-corrected chi connectivity index (χ1v) is 8.33. The summed E-state index contributed by atoms with van der Waals surface area (Å²) in [7, 11) is -0.843. The molecule has 1 atom stereocenters. The predicted molar refractivity (Wildman–Crippen MR) is 89.4 cm³/mol. The van der Waals surface area contributed by atoms with E-state index < -0.39 is 31.0 Å². The fraction of sp³-hybridized carbons (Fsp3) is 0.688. The first-order valence-electron chi connectivity index (χ1n) is 8.33. The van der Waals surface area contributed by atoms with E-state index in [1.165, 1.54) is 0 Å². The number of ether oxygens (including phenoxy) is 1. The number of halogens is 2. The van der Waals surface area contributed by atoms with E-state index in [0.717, 1.165) is 0 Å². The van der Waals surface area contributed by atoms with Gasteiger partial charge in [-0.2, -0.15) is 13.8 Å². The molecule has 0 spiro atoms. The van der Waals surface area contributed by atoms with Crippen LogP contribution < -0.4 is 15.1 Å². The number of pyridine rings is 1. The standard InChI is InChI=1S/C16H23BF2N2O4/c1-15(2)16(3,4)25-17(24-15)11-5-6-12(20-13(11)23-14(18)19)21-8-7-10(22)9-21/h5-6,10,14,22H,7-9H2,1-4H3/t10-/m1/s1. The van der Waals surface area contributed by atoms with Crippen LogP contribution in [0.1, 0.15) is 34.1 Å². The molecule has 0 radical (unpaired) electrons. The van der Waals surface area contributed by atoms with Crippen LogP contribution in [-0.4, -0.2) is 54.2 Å². The number of alkyl halides is 2. The topological polar surface area (TPSA) is 64.1 Å². The van der Waals surface area contributed by atoms with Crippen molar-refractivity contribution >= 4 is 18.4 Å². The minimum absolute atomic E-state index is 0.215. The Morgan fingerprint density at radius 3 is 2.44 bits per heavy atom. The van der Waals surface area contributed by atoms with Crippen LogP contribution in [0.3, 0.4) is 0 Å². The molecule has 25 heavy (non-hydrogen) atoms. The lowest BCUT2D eigenvalue weighted by molar-refractivity contribution is -0.0521. The Balaban J connectivity index is 1.91. The van der Waals surface area contributed by atoms with E-state index in [4.69, 9.17) is 9.31 Å². The second kappa shape index (κ2) is 6.37. The van der Waals surface area contributed by atoms with Gasteiger partial charge in [-0.25, -0.2) is 0 Å². The van der Waals surface area contributed by atoms with E-state index in [-0.39, 0.29) is 5.88 Å². The zero-order valence-corrected chi connectivity index (χ0v) is 14.8. The molecule has 1 N–H and O–H groups in total. The van der Waals surface area contributed by atoms with Crippen molar-refractivity contribution in [3.05, 3.63) is 12.1 Å². The highest BCUT2D eigenvalue weighted by atomic mass is 19.3. The summed E-state index contributed by atoms with van der Waals surface area (Å²) < 4.78 is 42.2. The minimum atomic E-state index is -3.01. The van der Waals surface area contributed by atoms with Crippen LogP contribution in [0, 0.1) is 0 Å². The van der Waals surface area contributed by atoms with Crippen LogP contribution in [0.15, 0.2) is 12.1 Å². The van der Waals surface area contributed by atoms with E-state index >= 15 is 0 Å². The van der Waals surface area contributed by atoms with Gasteiger partial charge in [0.2, 0.25) is 5.88 Å². The van der Waals surface area contributed by atoms with Crippen molar-refractivity contribution in [1.82, 2.24) is 4.98 Å². The van der Waals surface area contributed by atoms with Gasteiger partial charge in [-0.15, -0.1) is 0 Å². The third-order valence-corrected chi connectivity index (χ3v) is 5.07. The second-order valence-corrected chi connectivity index (χ2v) is 7.42. The Morgan fingerprint density at radius 2 is 1.92 bits per heavy atom. The van der Waals surface area contributed by atoms with Gasteiger partial charge < -0.3 is 24.1 Å². The lowest BCUT2D eigenvalue weighted by Gasteiger charge is -2.32. The van der Waals surface area contributed by atoms with Crippen molar-refractivity contribution in [2.24, 2.45) is 0 Å². The first-order chi connectivity index (χ1) is 11.6. The third kappa shape index (κ3) is 3.59. The zero-order valence-electron chi connectivity index (χ0n) is 14.8. The molecule has 2 aliphatic rings. The monoisotopic (exact) mass is 356 g/mol. The molecule has 0 bridgehead atoms. The molecule has 3 heterocycles. The number of β-amino-alcohol motifs (C(OH)–C–C–N with tert-alkyl or cyclic N) is 1. The quantitative estimate of drug-likeness (QED) is 0.826. The average Bonchev–Trinajstić information content (AvgIpc) is 2.99. The lowest BCUT2D eigenvalue weighted by Crippen LogP contribution is -2.41. The fourth-order valence-electron chi connectivity index (χ4n) is 2.90. The number of nitrogens with zero attached hydrogens (tertiary/aromatic N) is 2. The predicted octanol–water partition coefficient (Wildman–Crippen LogP) is 1.55. The van der Waals surface area contributed by atoms with Crippen molar-refractivity contribution in [1.29, 1.82) is 0 Å². The van der Waals surface area contributed by atoms with Crippen molar-refractivity contribution in [3.63, 3.8) is 0 Å². The number of aliphatic hydroxyl groups is 1. The van der Waals surface area contributed by atoms with Gasteiger partial charge in [-0.1, -0.05) is 6.07 Å². The molecule has 6 nitrogen and oxygen atoms in total. The molecule has 2 aliphatic heterocycles. The van der Waals surface area contributed by atoms with Crippen molar-refractivity contribution in [2.45, 2.75) is 58.0 Å².